The van der Waals surface area contributed by atoms with E-state index < -0.39 is 0 Å². The first-order chi connectivity index (χ1) is 12.1. The van der Waals surface area contributed by atoms with Gasteiger partial charge in [0.1, 0.15) is 0 Å². The van der Waals surface area contributed by atoms with E-state index in [0.29, 0.717) is 35.7 Å². The van der Waals surface area contributed by atoms with Crippen molar-refractivity contribution in [3.8, 4) is 23.0 Å². The highest BCUT2D eigenvalue weighted by molar-refractivity contribution is 5.60. The first kappa shape index (κ1) is 15.4. The summed E-state index contributed by atoms with van der Waals surface area (Å²) < 4.78 is 16.0. The average molecular weight is 339 g/mol. The van der Waals surface area contributed by atoms with Crippen LogP contribution in [0.5, 0.6) is 11.5 Å². The van der Waals surface area contributed by atoms with Crippen LogP contribution >= 0.6 is 0 Å². The van der Waals surface area contributed by atoms with Gasteiger partial charge in [0.15, 0.2) is 17.3 Å². The highest BCUT2D eigenvalue weighted by atomic mass is 16.7. The van der Waals surface area contributed by atoms with Gasteiger partial charge < -0.3 is 19.3 Å². The molecule has 4 rings (SSSR count). The third kappa shape index (κ3) is 2.98. The van der Waals surface area contributed by atoms with Crippen molar-refractivity contribution >= 4 is 5.95 Å². The van der Waals surface area contributed by atoms with Crippen molar-refractivity contribution in [1.82, 2.24) is 20.1 Å². The number of aromatic nitrogens is 4. The molecule has 1 aliphatic heterocycles. The molecule has 0 radical (unpaired) electrons. The van der Waals surface area contributed by atoms with Crippen LogP contribution in [0.2, 0.25) is 0 Å². The summed E-state index contributed by atoms with van der Waals surface area (Å²) in [7, 11) is 0. The van der Waals surface area contributed by atoms with Crippen molar-refractivity contribution in [2.45, 2.75) is 27.3 Å². The summed E-state index contributed by atoms with van der Waals surface area (Å²) in [4.78, 5) is 13.2. The Balaban J connectivity index is 1.48. The van der Waals surface area contributed by atoms with Crippen LogP contribution in [0.3, 0.4) is 0 Å². The maximum atomic E-state index is 5.36. The number of hydrogen-bond acceptors (Lipinski definition) is 8. The lowest BCUT2D eigenvalue weighted by molar-refractivity contribution is 0.174. The Morgan fingerprint density at radius 3 is 2.56 bits per heavy atom. The van der Waals surface area contributed by atoms with Crippen molar-refractivity contribution in [3.63, 3.8) is 0 Å². The molecule has 3 aromatic rings. The van der Waals surface area contributed by atoms with Gasteiger partial charge >= 0.3 is 0 Å². The average Bonchev–Trinajstić information content (AvgIpc) is 3.26. The Labute approximate surface area is 144 Å². The van der Waals surface area contributed by atoms with E-state index in [0.717, 1.165) is 22.5 Å². The fraction of sp³-hybridized carbons (Fsp3) is 0.294. The molecule has 0 unspecified atom stereocenters. The summed E-state index contributed by atoms with van der Waals surface area (Å²) in [5.41, 5.74) is 3.77. The second-order valence-electron chi connectivity index (χ2n) is 5.78. The number of ether oxygens (including phenoxy) is 2. The molecule has 0 spiro atoms. The van der Waals surface area contributed by atoms with Gasteiger partial charge in [0, 0.05) is 17.0 Å². The van der Waals surface area contributed by atoms with Crippen LogP contribution in [0.15, 0.2) is 22.7 Å². The van der Waals surface area contributed by atoms with Crippen molar-refractivity contribution in [3.05, 3.63) is 41.0 Å². The summed E-state index contributed by atoms with van der Waals surface area (Å²) in [6.07, 6.45) is 0. The third-order valence-corrected chi connectivity index (χ3v) is 4.12. The van der Waals surface area contributed by atoms with Crippen LogP contribution in [0.25, 0.3) is 11.5 Å². The number of nitrogens with zero attached hydrogens (tertiary/aromatic N) is 4. The quantitative estimate of drug-likeness (QED) is 0.775. The number of fused-ring (bicyclic) bond motifs is 1. The predicted molar refractivity (Wildman–Crippen MR) is 89.4 cm³/mol. The largest absolute Gasteiger partial charge is 0.454 e. The van der Waals surface area contributed by atoms with Crippen LogP contribution in [0.1, 0.15) is 22.8 Å². The Morgan fingerprint density at radius 2 is 1.76 bits per heavy atom. The Bertz CT molecular complexity index is 915. The molecule has 0 aliphatic carbocycles. The Hall–Kier alpha value is -3.16. The van der Waals surface area contributed by atoms with Gasteiger partial charge in [-0.25, -0.2) is 9.97 Å². The van der Waals surface area contributed by atoms with E-state index in [1.807, 2.05) is 39.0 Å². The minimum Gasteiger partial charge on any atom is -0.454 e. The molecule has 3 heterocycles. The zero-order valence-corrected chi connectivity index (χ0v) is 14.2. The summed E-state index contributed by atoms with van der Waals surface area (Å²) in [6, 6.07) is 5.50. The van der Waals surface area contributed by atoms with Crippen molar-refractivity contribution in [2.24, 2.45) is 0 Å². The van der Waals surface area contributed by atoms with Crippen molar-refractivity contribution in [2.75, 3.05) is 12.1 Å². The molecule has 1 aliphatic rings. The van der Waals surface area contributed by atoms with Gasteiger partial charge in [0.25, 0.3) is 5.89 Å². The monoisotopic (exact) mass is 339 g/mol. The number of anilines is 1. The number of benzene rings is 1. The zero-order valence-electron chi connectivity index (χ0n) is 14.2. The first-order valence-electron chi connectivity index (χ1n) is 7.88. The minimum absolute atomic E-state index is 0.229. The van der Waals surface area contributed by atoms with Gasteiger partial charge in [-0.3, -0.25) is 0 Å². The number of rotatable bonds is 4. The molecule has 8 heteroatoms. The number of nitrogens with one attached hydrogen (secondary N) is 1. The molecular weight excluding hydrogens is 322 g/mol. The molecule has 25 heavy (non-hydrogen) atoms. The summed E-state index contributed by atoms with van der Waals surface area (Å²) in [5, 5.41) is 7.11. The summed E-state index contributed by atoms with van der Waals surface area (Å²) in [6.45, 7) is 6.52. The normalized spacial score (nSPS) is 12.4. The molecule has 2 aromatic heterocycles. The maximum Gasteiger partial charge on any atom is 0.258 e. The Kier molecular flexibility index (Phi) is 3.72. The minimum atomic E-state index is 0.229. The van der Waals surface area contributed by atoms with Crippen LogP contribution < -0.4 is 14.8 Å². The van der Waals surface area contributed by atoms with E-state index in [2.05, 4.69) is 25.4 Å². The van der Waals surface area contributed by atoms with Gasteiger partial charge in [0.2, 0.25) is 12.7 Å². The summed E-state index contributed by atoms with van der Waals surface area (Å²) in [5.74, 6) is 2.89. The fourth-order valence-corrected chi connectivity index (χ4v) is 2.48. The van der Waals surface area contributed by atoms with Gasteiger partial charge in [0.05, 0.1) is 6.54 Å². The zero-order chi connectivity index (χ0) is 17.4. The lowest BCUT2D eigenvalue weighted by atomic mass is 10.2. The van der Waals surface area contributed by atoms with Crippen molar-refractivity contribution in [1.29, 1.82) is 0 Å². The molecule has 0 fully saturated rings. The second kappa shape index (κ2) is 6.04. The highest BCUT2D eigenvalue weighted by Crippen LogP contribution is 2.35. The third-order valence-electron chi connectivity index (χ3n) is 4.12. The first-order valence-corrected chi connectivity index (χ1v) is 7.88. The van der Waals surface area contributed by atoms with Crippen LogP contribution in [-0.4, -0.2) is 26.9 Å². The molecule has 1 aromatic carbocycles. The smallest absolute Gasteiger partial charge is 0.258 e. The van der Waals surface area contributed by atoms with E-state index in [1.165, 1.54) is 0 Å². The molecule has 0 saturated heterocycles. The molecule has 0 atom stereocenters. The molecule has 0 amide bonds. The molecule has 0 bridgehead atoms. The van der Waals surface area contributed by atoms with Crippen LogP contribution in [0, 0.1) is 20.8 Å². The van der Waals surface area contributed by atoms with Crippen LogP contribution in [0.4, 0.5) is 5.95 Å². The van der Waals surface area contributed by atoms with Gasteiger partial charge in [-0.15, -0.1) is 0 Å². The van der Waals surface area contributed by atoms with Crippen molar-refractivity contribution < 1.29 is 14.0 Å². The molecule has 128 valence electrons. The number of aryl methyl sites for hydroxylation is 2. The lowest BCUT2D eigenvalue weighted by Crippen LogP contribution is -2.07. The molecule has 1 N–H and O–H groups in total. The highest BCUT2D eigenvalue weighted by Gasteiger charge is 2.17. The van der Waals surface area contributed by atoms with Gasteiger partial charge in [-0.2, -0.15) is 4.98 Å². The molecule has 0 saturated carbocycles. The van der Waals surface area contributed by atoms with E-state index in [9.17, 15) is 0 Å². The van der Waals surface area contributed by atoms with E-state index >= 15 is 0 Å². The van der Waals surface area contributed by atoms with E-state index in [4.69, 9.17) is 14.0 Å². The van der Waals surface area contributed by atoms with Gasteiger partial charge in [-0.1, -0.05) is 5.16 Å². The fourth-order valence-electron chi connectivity index (χ4n) is 2.48. The van der Waals surface area contributed by atoms with Gasteiger partial charge in [-0.05, 0) is 44.5 Å². The summed E-state index contributed by atoms with van der Waals surface area (Å²) >= 11 is 0. The maximum absolute atomic E-state index is 5.36. The lowest BCUT2D eigenvalue weighted by Gasteiger charge is -2.07. The standard InChI is InChI=1S/C17H17N5O3/c1-9-10(2)19-17(20-11(9)3)18-7-15-21-16(25-22-15)12-4-5-13-14(6-12)24-8-23-13/h4-6H,7-8H2,1-3H3,(H,18,19,20). The topological polar surface area (TPSA) is 95.2 Å². The predicted octanol–water partition coefficient (Wildman–Crippen LogP) is 2.79. The van der Waals surface area contributed by atoms with E-state index in [-0.39, 0.29) is 6.79 Å². The van der Waals surface area contributed by atoms with Crippen LogP contribution in [-0.2, 0) is 6.54 Å². The Morgan fingerprint density at radius 1 is 1.00 bits per heavy atom. The SMILES string of the molecule is Cc1nc(NCc2noc(-c3ccc4c(c3)OCO4)n2)nc(C)c1C. The van der Waals surface area contributed by atoms with E-state index in [1.54, 1.807) is 0 Å². The molecule has 8 nitrogen and oxygen atoms in total. The number of hydrogen-bond donors (Lipinski definition) is 1. The second-order valence-corrected chi connectivity index (χ2v) is 5.78. The molecular formula is C17H17N5O3.